The van der Waals surface area contributed by atoms with Crippen molar-refractivity contribution in [2.75, 3.05) is 37.6 Å². The molecule has 2 rings (SSSR count). The molecule has 7 heteroatoms. The van der Waals surface area contributed by atoms with Gasteiger partial charge in [-0.3, -0.25) is 4.79 Å². The van der Waals surface area contributed by atoms with Crippen LogP contribution in [0.4, 0.5) is 14.9 Å². The first-order valence-electron chi connectivity index (χ1n) is 9.86. The highest BCUT2D eigenvalue weighted by Gasteiger charge is 2.31. The summed E-state index contributed by atoms with van der Waals surface area (Å²) in [5, 5.41) is 5.73. The predicted molar refractivity (Wildman–Crippen MR) is 105 cm³/mol. The third-order valence-electron chi connectivity index (χ3n) is 4.61. The van der Waals surface area contributed by atoms with Gasteiger partial charge in [-0.15, -0.1) is 0 Å². The zero-order chi connectivity index (χ0) is 19.6. The molecule has 1 fully saturated rings. The first kappa shape index (κ1) is 21.2. The van der Waals surface area contributed by atoms with Gasteiger partial charge in [-0.05, 0) is 63.2 Å². The first-order chi connectivity index (χ1) is 13.0. The molecule has 3 amide bonds. The Balaban J connectivity index is 1.70. The molecule has 6 nitrogen and oxygen atoms in total. The van der Waals surface area contributed by atoms with Crippen molar-refractivity contribution in [1.82, 2.24) is 15.5 Å². The summed E-state index contributed by atoms with van der Waals surface area (Å²) in [5.41, 5.74) is 0.651. The van der Waals surface area contributed by atoms with Crippen LogP contribution in [-0.2, 0) is 4.79 Å². The van der Waals surface area contributed by atoms with Gasteiger partial charge in [0.2, 0.25) is 5.91 Å². The van der Waals surface area contributed by atoms with Crippen LogP contribution in [0.3, 0.4) is 0 Å². The van der Waals surface area contributed by atoms with E-state index in [1.165, 1.54) is 12.1 Å². The molecule has 0 spiro atoms. The number of carbonyl (C=O) groups is 2. The summed E-state index contributed by atoms with van der Waals surface area (Å²) in [5.74, 6) is -0.405. The molecule has 1 aliphatic heterocycles. The van der Waals surface area contributed by atoms with Crippen LogP contribution in [0.15, 0.2) is 24.3 Å². The third-order valence-corrected chi connectivity index (χ3v) is 4.61. The van der Waals surface area contributed by atoms with E-state index in [2.05, 4.69) is 29.4 Å². The second-order valence-corrected chi connectivity index (χ2v) is 6.98. The van der Waals surface area contributed by atoms with Gasteiger partial charge in [0, 0.05) is 25.2 Å². The van der Waals surface area contributed by atoms with Crippen molar-refractivity contribution in [3.05, 3.63) is 30.1 Å². The number of carbonyl (C=O) groups excluding carboxylic acids is 2. The topological polar surface area (TPSA) is 64.7 Å². The maximum Gasteiger partial charge on any atom is 0.315 e. The summed E-state index contributed by atoms with van der Waals surface area (Å²) in [7, 11) is 0. The lowest BCUT2D eigenvalue weighted by atomic mass is 10.2. The van der Waals surface area contributed by atoms with Crippen LogP contribution in [0.1, 0.15) is 39.5 Å². The Labute approximate surface area is 161 Å². The Hall–Kier alpha value is -2.15. The fraction of sp³-hybridized carbons (Fsp3) is 0.600. The zero-order valence-corrected chi connectivity index (χ0v) is 16.3. The Bertz CT molecular complexity index is 603. The number of halogens is 1. The largest absolute Gasteiger partial charge is 0.338 e. The average Bonchev–Trinajstić information content (AvgIpc) is 2.99. The van der Waals surface area contributed by atoms with E-state index in [-0.39, 0.29) is 30.2 Å². The van der Waals surface area contributed by atoms with Crippen molar-refractivity contribution < 1.29 is 14.0 Å². The van der Waals surface area contributed by atoms with Crippen LogP contribution in [0.5, 0.6) is 0 Å². The van der Waals surface area contributed by atoms with E-state index in [1.807, 2.05) is 0 Å². The summed E-state index contributed by atoms with van der Waals surface area (Å²) < 4.78 is 13.0. The maximum absolute atomic E-state index is 13.0. The van der Waals surface area contributed by atoms with Crippen LogP contribution in [0, 0.1) is 5.82 Å². The highest BCUT2D eigenvalue weighted by atomic mass is 19.1. The fourth-order valence-electron chi connectivity index (χ4n) is 3.38. The van der Waals surface area contributed by atoms with E-state index in [1.54, 1.807) is 17.0 Å². The standard InChI is InChI=1S/C20H31FN4O2/c1-3-11-24(12-4-2)13-5-10-22-20(27)23-17-14-19(26)25(15-17)18-8-6-16(21)7-9-18/h6-9,17H,3-5,10-15H2,1-2H3,(H2,22,23,27). The van der Waals surface area contributed by atoms with Gasteiger partial charge in [0.05, 0.1) is 6.04 Å². The minimum absolute atomic E-state index is 0.0679. The van der Waals surface area contributed by atoms with Gasteiger partial charge >= 0.3 is 6.03 Å². The summed E-state index contributed by atoms with van der Waals surface area (Å²) in [6.45, 7) is 8.50. The van der Waals surface area contributed by atoms with Crippen LogP contribution in [0.2, 0.25) is 0 Å². The lowest BCUT2D eigenvalue weighted by Gasteiger charge is -2.21. The van der Waals surface area contributed by atoms with E-state index in [0.29, 0.717) is 18.8 Å². The molecule has 1 heterocycles. The fourth-order valence-corrected chi connectivity index (χ4v) is 3.38. The first-order valence-corrected chi connectivity index (χ1v) is 9.86. The number of rotatable bonds is 10. The van der Waals surface area contributed by atoms with E-state index in [0.717, 1.165) is 38.9 Å². The lowest BCUT2D eigenvalue weighted by Crippen LogP contribution is -2.44. The number of nitrogens with one attached hydrogen (secondary N) is 2. The highest BCUT2D eigenvalue weighted by Crippen LogP contribution is 2.21. The van der Waals surface area contributed by atoms with Crippen molar-refractivity contribution in [3.63, 3.8) is 0 Å². The molecular weight excluding hydrogens is 347 g/mol. The minimum atomic E-state index is -0.337. The Kier molecular flexibility index (Phi) is 8.51. The monoisotopic (exact) mass is 378 g/mol. The summed E-state index contributed by atoms with van der Waals surface area (Å²) >= 11 is 0. The van der Waals surface area contributed by atoms with E-state index >= 15 is 0 Å². The predicted octanol–water partition coefficient (Wildman–Crippen LogP) is 2.74. The van der Waals surface area contributed by atoms with Gasteiger partial charge in [-0.1, -0.05) is 13.8 Å². The molecular formula is C20H31FN4O2. The minimum Gasteiger partial charge on any atom is -0.338 e. The highest BCUT2D eigenvalue weighted by molar-refractivity contribution is 5.96. The molecule has 1 aromatic carbocycles. The molecule has 150 valence electrons. The Morgan fingerprint density at radius 3 is 2.48 bits per heavy atom. The number of nitrogens with zero attached hydrogens (tertiary/aromatic N) is 2. The molecule has 1 saturated heterocycles. The van der Waals surface area contributed by atoms with Crippen molar-refractivity contribution in [2.45, 2.75) is 45.6 Å². The number of anilines is 1. The van der Waals surface area contributed by atoms with E-state index in [4.69, 9.17) is 0 Å². The summed E-state index contributed by atoms with van der Waals surface area (Å²) in [6.07, 6.45) is 3.42. The second-order valence-electron chi connectivity index (χ2n) is 6.98. The van der Waals surface area contributed by atoms with Crippen LogP contribution in [0.25, 0.3) is 0 Å². The molecule has 0 radical (unpaired) electrons. The Morgan fingerprint density at radius 1 is 1.19 bits per heavy atom. The normalized spacial score (nSPS) is 16.8. The van der Waals surface area contributed by atoms with Crippen LogP contribution >= 0.6 is 0 Å². The van der Waals surface area contributed by atoms with Gasteiger partial charge in [0.25, 0.3) is 0 Å². The smallest absolute Gasteiger partial charge is 0.315 e. The summed E-state index contributed by atoms with van der Waals surface area (Å²) in [4.78, 5) is 28.2. The molecule has 1 unspecified atom stereocenters. The van der Waals surface area contributed by atoms with Crippen molar-refractivity contribution in [1.29, 1.82) is 0 Å². The van der Waals surface area contributed by atoms with E-state index < -0.39 is 0 Å². The number of benzene rings is 1. The van der Waals surface area contributed by atoms with Crippen molar-refractivity contribution in [2.24, 2.45) is 0 Å². The van der Waals surface area contributed by atoms with Gasteiger partial charge < -0.3 is 20.4 Å². The number of hydrogen-bond acceptors (Lipinski definition) is 3. The number of urea groups is 1. The lowest BCUT2D eigenvalue weighted by molar-refractivity contribution is -0.117. The van der Waals surface area contributed by atoms with Gasteiger partial charge in [-0.2, -0.15) is 0 Å². The van der Waals surface area contributed by atoms with Crippen molar-refractivity contribution in [3.8, 4) is 0 Å². The molecule has 2 N–H and O–H groups in total. The molecule has 1 atom stereocenters. The van der Waals surface area contributed by atoms with Gasteiger partial charge in [-0.25, -0.2) is 9.18 Å². The molecule has 0 aromatic heterocycles. The molecule has 0 saturated carbocycles. The summed E-state index contributed by atoms with van der Waals surface area (Å²) in [6, 6.07) is 5.33. The molecule has 1 aromatic rings. The van der Waals surface area contributed by atoms with E-state index in [9.17, 15) is 14.0 Å². The molecule has 0 bridgehead atoms. The molecule has 1 aliphatic rings. The third kappa shape index (κ3) is 6.82. The number of hydrogen-bond donors (Lipinski definition) is 2. The number of amides is 3. The van der Waals surface area contributed by atoms with Crippen molar-refractivity contribution >= 4 is 17.6 Å². The maximum atomic E-state index is 13.0. The SMILES string of the molecule is CCCN(CCC)CCCNC(=O)NC1CC(=O)N(c2ccc(F)cc2)C1. The molecule has 0 aliphatic carbocycles. The zero-order valence-electron chi connectivity index (χ0n) is 16.3. The van der Waals surface area contributed by atoms with Crippen LogP contribution in [-0.4, -0.2) is 55.6 Å². The van der Waals surface area contributed by atoms with Gasteiger partial charge in [0.15, 0.2) is 0 Å². The second kappa shape index (κ2) is 10.9. The Morgan fingerprint density at radius 2 is 1.85 bits per heavy atom. The average molecular weight is 378 g/mol. The molecule has 27 heavy (non-hydrogen) atoms. The van der Waals surface area contributed by atoms with Gasteiger partial charge in [0.1, 0.15) is 5.82 Å². The van der Waals surface area contributed by atoms with Crippen LogP contribution < -0.4 is 15.5 Å². The quantitative estimate of drug-likeness (QED) is 0.616.